The minimum absolute atomic E-state index is 0.341. The summed E-state index contributed by atoms with van der Waals surface area (Å²) in [6, 6.07) is 4.38. The van der Waals surface area contributed by atoms with E-state index in [2.05, 4.69) is 5.32 Å². The molecule has 6 nitrogen and oxygen atoms in total. The third kappa shape index (κ3) is 2.79. The van der Waals surface area contributed by atoms with Gasteiger partial charge in [-0.3, -0.25) is 9.59 Å². The molecule has 1 aromatic carbocycles. The molecule has 1 aliphatic rings. The Bertz CT molecular complexity index is 573. The molecule has 4 N–H and O–H groups in total. The zero-order valence-electron chi connectivity index (χ0n) is 12.2. The van der Waals surface area contributed by atoms with Crippen LogP contribution >= 0.6 is 0 Å². The highest BCUT2D eigenvalue weighted by Crippen LogP contribution is 2.38. The van der Waals surface area contributed by atoms with E-state index in [-0.39, 0.29) is 11.9 Å². The molecule has 1 fully saturated rings. The molecule has 0 radical (unpaired) electrons. The van der Waals surface area contributed by atoms with Crippen LogP contribution in [-0.2, 0) is 4.79 Å². The van der Waals surface area contributed by atoms with Crippen molar-refractivity contribution in [3.63, 3.8) is 0 Å². The number of amides is 1. The number of anilines is 1. The number of carboxylic acid groups (broad SMARTS) is 1. The van der Waals surface area contributed by atoms with Crippen LogP contribution in [0.1, 0.15) is 36.5 Å². The average Bonchev–Trinajstić information content (AvgIpc) is 2.81. The molecule has 0 saturated heterocycles. The number of benzene rings is 1. The van der Waals surface area contributed by atoms with E-state index in [1.165, 1.54) is 7.11 Å². The van der Waals surface area contributed by atoms with Crippen molar-refractivity contribution in [2.45, 2.75) is 32.2 Å². The first kappa shape index (κ1) is 15.2. The van der Waals surface area contributed by atoms with Gasteiger partial charge < -0.3 is 20.9 Å². The van der Waals surface area contributed by atoms with Crippen molar-refractivity contribution in [2.24, 2.45) is 5.41 Å². The van der Waals surface area contributed by atoms with Crippen LogP contribution in [-0.4, -0.2) is 30.1 Å². The van der Waals surface area contributed by atoms with E-state index in [0.717, 1.165) is 6.42 Å². The number of hydrogen-bond donors (Lipinski definition) is 3. The van der Waals surface area contributed by atoms with Crippen LogP contribution < -0.4 is 15.8 Å². The summed E-state index contributed by atoms with van der Waals surface area (Å²) in [5.41, 5.74) is 5.59. The molecule has 2 atom stereocenters. The van der Waals surface area contributed by atoms with Crippen molar-refractivity contribution >= 4 is 17.6 Å². The monoisotopic (exact) mass is 292 g/mol. The second-order valence-electron chi connectivity index (χ2n) is 5.60. The van der Waals surface area contributed by atoms with Gasteiger partial charge in [-0.25, -0.2) is 0 Å². The normalized spacial score (nSPS) is 24.6. The van der Waals surface area contributed by atoms with E-state index >= 15 is 0 Å². The number of carbonyl (C=O) groups excluding carboxylic acids is 1. The van der Waals surface area contributed by atoms with Crippen molar-refractivity contribution in [1.82, 2.24) is 5.32 Å². The van der Waals surface area contributed by atoms with Crippen LogP contribution in [0.25, 0.3) is 0 Å². The van der Waals surface area contributed by atoms with Gasteiger partial charge in [0.2, 0.25) is 0 Å². The maximum Gasteiger partial charge on any atom is 0.311 e. The van der Waals surface area contributed by atoms with Gasteiger partial charge in [0, 0.05) is 17.8 Å². The molecular formula is C15H20N2O4. The van der Waals surface area contributed by atoms with E-state index in [9.17, 15) is 14.7 Å². The maximum atomic E-state index is 12.4. The molecule has 1 aliphatic carbocycles. The van der Waals surface area contributed by atoms with E-state index < -0.39 is 11.4 Å². The summed E-state index contributed by atoms with van der Waals surface area (Å²) in [6.07, 6.45) is 2.00. The van der Waals surface area contributed by atoms with Crippen LogP contribution in [0.4, 0.5) is 5.69 Å². The highest BCUT2D eigenvalue weighted by molar-refractivity contribution is 5.98. The van der Waals surface area contributed by atoms with E-state index in [4.69, 9.17) is 10.5 Å². The van der Waals surface area contributed by atoms with Crippen molar-refractivity contribution in [3.8, 4) is 5.75 Å². The highest BCUT2D eigenvalue weighted by Gasteiger charge is 2.46. The van der Waals surface area contributed by atoms with Gasteiger partial charge in [0.1, 0.15) is 5.75 Å². The number of carbonyl (C=O) groups is 2. The Kier molecular flexibility index (Phi) is 4.06. The maximum absolute atomic E-state index is 12.4. The first-order valence-electron chi connectivity index (χ1n) is 6.86. The fraction of sp³-hybridized carbons (Fsp3) is 0.467. The van der Waals surface area contributed by atoms with Gasteiger partial charge in [0.15, 0.2) is 0 Å². The van der Waals surface area contributed by atoms with Crippen molar-refractivity contribution < 1.29 is 19.4 Å². The third-order valence-electron chi connectivity index (χ3n) is 4.22. The lowest BCUT2D eigenvalue weighted by molar-refractivity contribution is -0.148. The minimum atomic E-state index is -0.920. The van der Waals surface area contributed by atoms with Gasteiger partial charge in [-0.1, -0.05) is 6.42 Å². The molecule has 6 heteroatoms. The fourth-order valence-electron chi connectivity index (χ4n) is 2.79. The van der Waals surface area contributed by atoms with E-state index in [1.54, 1.807) is 25.1 Å². The number of aliphatic carboxylic acids is 1. The van der Waals surface area contributed by atoms with Crippen molar-refractivity contribution in [2.75, 3.05) is 12.8 Å². The van der Waals surface area contributed by atoms with Gasteiger partial charge in [-0.05, 0) is 31.9 Å². The van der Waals surface area contributed by atoms with Gasteiger partial charge in [-0.15, -0.1) is 0 Å². The largest absolute Gasteiger partial charge is 0.496 e. The summed E-state index contributed by atoms with van der Waals surface area (Å²) >= 11 is 0. The molecule has 114 valence electrons. The van der Waals surface area contributed by atoms with Crippen LogP contribution in [0.2, 0.25) is 0 Å². The summed E-state index contributed by atoms with van der Waals surface area (Å²) in [4.78, 5) is 23.8. The lowest BCUT2D eigenvalue weighted by atomic mass is 9.85. The van der Waals surface area contributed by atoms with E-state index in [1.807, 2.05) is 0 Å². The van der Waals surface area contributed by atoms with Crippen LogP contribution in [0, 0.1) is 5.41 Å². The summed E-state index contributed by atoms with van der Waals surface area (Å²) in [7, 11) is 1.46. The number of nitrogen functional groups attached to an aromatic ring is 1. The second kappa shape index (κ2) is 5.63. The number of ether oxygens (including phenoxy) is 1. The molecular weight excluding hydrogens is 272 g/mol. The number of methoxy groups -OCH3 is 1. The quantitative estimate of drug-likeness (QED) is 0.732. The first-order chi connectivity index (χ1) is 9.88. The van der Waals surface area contributed by atoms with Gasteiger partial charge >= 0.3 is 5.97 Å². The fourth-order valence-corrected chi connectivity index (χ4v) is 2.79. The topological polar surface area (TPSA) is 102 Å². The lowest BCUT2D eigenvalue weighted by Gasteiger charge is -2.27. The van der Waals surface area contributed by atoms with Crippen LogP contribution in [0.3, 0.4) is 0 Å². The van der Waals surface area contributed by atoms with Gasteiger partial charge in [0.05, 0.1) is 18.1 Å². The molecule has 1 saturated carbocycles. The third-order valence-corrected chi connectivity index (χ3v) is 4.22. The number of carboxylic acids is 1. The summed E-state index contributed by atoms with van der Waals surface area (Å²) < 4.78 is 5.15. The summed E-state index contributed by atoms with van der Waals surface area (Å²) in [5, 5.41) is 12.2. The molecule has 2 rings (SSSR count). The Morgan fingerprint density at radius 3 is 2.81 bits per heavy atom. The second-order valence-corrected chi connectivity index (χ2v) is 5.60. The molecule has 1 aromatic rings. The Balaban J connectivity index is 2.20. The zero-order chi connectivity index (χ0) is 15.6. The van der Waals surface area contributed by atoms with Crippen LogP contribution in [0.15, 0.2) is 18.2 Å². The average molecular weight is 292 g/mol. The molecule has 1 amide bonds. The minimum Gasteiger partial charge on any atom is -0.496 e. The molecule has 0 heterocycles. The molecule has 0 bridgehead atoms. The first-order valence-corrected chi connectivity index (χ1v) is 6.86. The molecule has 0 aliphatic heterocycles. The number of nitrogens with one attached hydrogen (secondary N) is 1. The predicted molar refractivity (Wildman–Crippen MR) is 78.3 cm³/mol. The Morgan fingerprint density at radius 1 is 1.48 bits per heavy atom. The van der Waals surface area contributed by atoms with Crippen molar-refractivity contribution in [1.29, 1.82) is 0 Å². The standard InChI is InChI=1S/C15H20N2O4/c1-15(14(19)20)7-3-4-12(15)17-13(18)10-6-5-9(16)8-11(10)21-2/h5-6,8,12H,3-4,7,16H2,1-2H3,(H,17,18)(H,19,20). The molecule has 2 unspecified atom stereocenters. The number of nitrogens with two attached hydrogens (primary N) is 1. The van der Waals surface area contributed by atoms with Gasteiger partial charge in [0.25, 0.3) is 5.91 Å². The lowest BCUT2D eigenvalue weighted by Crippen LogP contribution is -2.47. The van der Waals surface area contributed by atoms with Crippen molar-refractivity contribution in [3.05, 3.63) is 23.8 Å². The molecule has 0 spiro atoms. The Hall–Kier alpha value is -2.24. The summed E-state index contributed by atoms with van der Waals surface area (Å²) in [6.45, 7) is 1.67. The SMILES string of the molecule is COc1cc(N)ccc1C(=O)NC1CCCC1(C)C(=O)O. The Morgan fingerprint density at radius 2 is 2.19 bits per heavy atom. The Labute approximate surface area is 123 Å². The highest BCUT2D eigenvalue weighted by atomic mass is 16.5. The van der Waals surface area contributed by atoms with Gasteiger partial charge in [-0.2, -0.15) is 0 Å². The summed E-state index contributed by atoms with van der Waals surface area (Å²) in [5.74, 6) is -0.844. The van der Waals surface area contributed by atoms with Crippen LogP contribution in [0.5, 0.6) is 5.75 Å². The zero-order valence-corrected chi connectivity index (χ0v) is 12.2. The molecule has 21 heavy (non-hydrogen) atoms. The number of rotatable bonds is 4. The molecule has 0 aromatic heterocycles. The predicted octanol–water partition coefficient (Wildman–Crippen LogP) is 1.65. The number of hydrogen-bond acceptors (Lipinski definition) is 4. The smallest absolute Gasteiger partial charge is 0.311 e. The van der Waals surface area contributed by atoms with E-state index in [0.29, 0.717) is 29.8 Å².